The summed E-state index contributed by atoms with van der Waals surface area (Å²) in [6.07, 6.45) is 2.20. The van der Waals surface area contributed by atoms with Gasteiger partial charge in [-0.15, -0.1) is 11.3 Å². The maximum Gasteiger partial charge on any atom is 0.118 e. The molecule has 3 nitrogen and oxygen atoms in total. The molecule has 0 aliphatic heterocycles. The number of aromatic nitrogens is 1. The van der Waals surface area contributed by atoms with Gasteiger partial charge in [-0.3, -0.25) is 0 Å². The van der Waals surface area contributed by atoms with Gasteiger partial charge < -0.3 is 10.1 Å². The molecular weight excluding hydrogens is 256 g/mol. The van der Waals surface area contributed by atoms with Gasteiger partial charge in [0.1, 0.15) is 5.75 Å². The van der Waals surface area contributed by atoms with E-state index in [1.54, 1.807) is 18.4 Å². The second kappa shape index (κ2) is 7.26. The first-order chi connectivity index (χ1) is 9.28. The van der Waals surface area contributed by atoms with Crippen LogP contribution in [0.4, 0.5) is 0 Å². The van der Waals surface area contributed by atoms with E-state index < -0.39 is 0 Å². The Balaban J connectivity index is 1.71. The highest BCUT2D eigenvalue weighted by atomic mass is 32.1. The van der Waals surface area contributed by atoms with Gasteiger partial charge in [-0.2, -0.15) is 0 Å². The van der Waals surface area contributed by atoms with Gasteiger partial charge in [-0.25, -0.2) is 4.98 Å². The molecule has 102 valence electrons. The van der Waals surface area contributed by atoms with Crippen LogP contribution in [0.25, 0.3) is 0 Å². The summed E-state index contributed by atoms with van der Waals surface area (Å²) < 4.78 is 5.16. The Morgan fingerprint density at radius 2 is 2.11 bits per heavy atom. The summed E-state index contributed by atoms with van der Waals surface area (Å²) in [4.78, 5) is 4.27. The molecule has 1 unspecified atom stereocenters. The standard InChI is InChI=1S/C15H20N2OS/c1-12(16-9-14-10-19-11-17-14)3-4-13-5-7-15(18-2)8-6-13/h5-8,10-12,16H,3-4,9H2,1-2H3. The molecule has 0 amide bonds. The van der Waals surface area contributed by atoms with Crippen molar-refractivity contribution in [1.82, 2.24) is 10.3 Å². The lowest BCUT2D eigenvalue weighted by atomic mass is 10.1. The van der Waals surface area contributed by atoms with E-state index in [0.29, 0.717) is 6.04 Å². The van der Waals surface area contributed by atoms with Crippen LogP contribution in [0, 0.1) is 0 Å². The lowest BCUT2D eigenvalue weighted by molar-refractivity contribution is 0.414. The minimum absolute atomic E-state index is 0.490. The molecule has 0 saturated carbocycles. The number of nitrogens with zero attached hydrogens (tertiary/aromatic N) is 1. The number of methoxy groups -OCH3 is 1. The highest BCUT2D eigenvalue weighted by Crippen LogP contribution is 2.13. The van der Waals surface area contributed by atoms with E-state index in [9.17, 15) is 0 Å². The van der Waals surface area contributed by atoms with Gasteiger partial charge in [-0.05, 0) is 37.5 Å². The predicted octanol–water partition coefficient (Wildman–Crippen LogP) is 3.26. The van der Waals surface area contributed by atoms with Gasteiger partial charge in [0.2, 0.25) is 0 Å². The van der Waals surface area contributed by atoms with E-state index in [-0.39, 0.29) is 0 Å². The molecule has 19 heavy (non-hydrogen) atoms. The minimum Gasteiger partial charge on any atom is -0.497 e. The Morgan fingerprint density at radius 3 is 2.74 bits per heavy atom. The molecule has 0 aliphatic rings. The van der Waals surface area contributed by atoms with Crippen molar-refractivity contribution in [3.63, 3.8) is 0 Å². The fraction of sp³-hybridized carbons (Fsp3) is 0.400. The Bertz CT molecular complexity index is 467. The van der Waals surface area contributed by atoms with Crippen molar-refractivity contribution in [2.45, 2.75) is 32.4 Å². The summed E-state index contributed by atoms with van der Waals surface area (Å²) in [6, 6.07) is 8.78. The minimum atomic E-state index is 0.490. The number of hydrogen-bond donors (Lipinski definition) is 1. The normalized spacial score (nSPS) is 12.3. The van der Waals surface area contributed by atoms with E-state index in [2.05, 4.69) is 34.7 Å². The zero-order valence-corrected chi connectivity index (χ0v) is 12.2. The summed E-state index contributed by atoms with van der Waals surface area (Å²) in [5.41, 5.74) is 4.35. The largest absolute Gasteiger partial charge is 0.497 e. The van der Waals surface area contributed by atoms with Crippen molar-refractivity contribution in [1.29, 1.82) is 0 Å². The van der Waals surface area contributed by atoms with E-state index in [1.165, 1.54) is 5.56 Å². The summed E-state index contributed by atoms with van der Waals surface area (Å²) in [6.45, 7) is 3.07. The molecule has 1 heterocycles. The van der Waals surface area contributed by atoms with Gasteiger partial charge in [0, 0.05) is 18.0 Å². The molecule has 0 radical (unpaired) electrons. The van der Waals surface area contributed by atoms with Crippen molar-refractivity contribution in [3.05, 3.63) is 46.4 Å². The first-order valence-electron chi connectivity index (χ1n) is 6.51. The smallest absolute Gasteiger partial charge is 0.118 e. The van der Waals surface area contributed by atoms with Crippen LogP contribution in [0.3, 0.4) is 0 Å². The second-order valence-electron chi connectivity index (χ2n) is 4.65. The molecule has 1 aromatic carbocycles. The lowest BCUT2D eigenvalue weighted by Crippen LogP contribution is -2.26. The molecule has 0 spiro atoms. The van der Waals surface area contributed by atoms with Crippen LogP contribution < -0.4 is 10.1 Å². The van der Waals surface area contributed by atoms with Gasteiger partial charge >= 0.3 is 0 Å². The zero-order chi connectivity index (χ0) is 13.5. The van der Waals surface area contributed by atoms with Gasteiger partial charge in [0.25, 0.3) is 0 Å². The molecule has 2 rings (SSSR count). The molecule has 0 fully saturated rings. The number of hydrogen-bond acceptors (Lipinski definition) is 4. The van der Waals surface area contributed by atoms with Crippen LogP contribution >= 0.6 is 11.3 Å². The van der Waals surface area contributed by atoms with Crippen molar-refractivity contribution < 1.29 is 4.74 Å². The van der Waals surface area contributed by atoms with E-state index >= 15 is 0 Å². The lowest BCUT2D eigenvalue weighted by Gasteiger charge is -2.13. The van der Waals surface area contributed by atoms with Gasteiger partial charge in [-0.1, -0.05) is 12.1 Å². The van der Waals surface area contributed by atoms with E-state index in [1.807, 2.05) is 17.6 Å². The fourth-order valence-electron chi connectivity index (χ4n) is 1.88. The third kappa shape index (κ3) is 4.65. The van der Waals surface area contributed by atoms with Crippen molar-refractivity contribution in [2.24, 2.45) is 0 Å². The summed E-state index contributed by atoms with van der Waals surface area (Å²) >= 11 is 1.64. The summed E-state index contributed by atoms with van der Waals surface area (Å²) in [5, 5.41) is 5.58. The number of benzene rings is 1. The highest BCUT2D eigenvalue weighted by Gasteiger charge is 2.03. The fourth-order valence-corrected chi connectivity index (χ4v) is 2.44. The topological polar surface area (TPSA) is 34.1 Å². The predicted molar refractivity (Wildman–Crippen MR) is 79.7 cm³/mol. The molecular formula is C15H20N2OS. The van der Waals surface area contributed by atoms with Crippen molar-refractivity contribution in [3.8, 4) is 5.75 Å². The number of rotatable bonds is 7. The molecule has 0 saturated heterocycles. The summed E-state index contributed by atoms with van der Waals surface area (Å²) in [7, 11) is 1.69. The number of thiazole rings is 1. The third-order valence-corrected chi connectivity index (χ3v) is 3.78. The van der Waals surface area contributed by atoms with Crippen LogP contribution in [0.15, 0.2) is 35.2 Å². The SMILES string of the molecule is COc1ccc(CCC(C)NCc2cscn2)cc1. The monoisotopic (exact) mass is 276 g/mol. The number of aryl methyl sites for hydroxylation is 1. The van der Waals surface area contributed by atoms with Gasteiger partial charge in [0.15, 0.2) is 0 Å². The molecule has 4 heteroatoms. The summed E-state index contributed by atoms with van der Waals surface area (Å²) in [5.74, 6) is 0.915. The van der Waals surface area contributed by atoms with Crippen LogP contribution in [0.2, 0.25) is 0 Å². The van der Waals surface area contributed by atoms with Crippen LogP contribution in [-0.4, -0.2) is 18.1 Å². The molecule has 1 atom stereocenters. The number of nitrogens with one attached hydrogen (secondary N) is 1. The van der Waals surface area contributed by atoms with E-state index in [4.69, 9.17) is 4.74 Å². The van der Waals surface area contributed by atoms with Gasteiger partial charge in [0.05, 0.1) is 18.3 Å². The molecule has 2 aromatic rings. The maximum absolute atomic E-state index is 5.16. The Kier molecular flexibility index (Phi) is 5.36. The Hall–Kier alpha value is -1.39. The molecule has 1 aromatic heterocycles. The first kappa shape index (κ1) is 14.0. The first-order valence-corrected chi connectivity index (χ1v) is 7.45. The van der Waals surface area contributed by atoms with Crippen LogP contribution in [-0.2, 0) is 13.0 Å². The van der Waals surface area contributed by atoms with Crippen LogP contribution in [0.5, 0.6) is 5.75 Å². The Morgan fingerprint density at radius 1 is 1.32 bits per heavy atom. The molecule has 0 bridgehead atoms. The molecule has 0 aliphatic carbocycles. The zero-order valence-electron chi connectivity index (χ0n) is 11.4. The van der Waals surface area contributed by atoms with E-state index in [0.717, 1.165) is 30.8 Å². The second-order valence-corrected chi connectivity index (χ2v) is 5.37. The Labute approximate surface area is 118 Å². The molecule has 1 N–H and O–H groups in total. The third-order valence-electron chi connectivity index (χ3n) is 3.14. The van der Waals surface area contributed by atoms with Crippen molar-refractivity contribution >= 4 is 11.3 Å². The highest BCUT2D eigenvalue weighted by molar-refractivity contribution is 7.07. The average Bonchev–Trinajstić information content (AvgIpc) is 2.96. The maximum atomic E-state index is 5.16. The van der Waals surface area contributed by atoms with Crippen molar-refractivity contribution in [2.75, 3.05) is 7.11 Å². The average molecular weight is 276 g/mol. The number of ether oxygens (including phenoxy) is 1. The van der Waals surface area contributed by atoms with Crippen LogP contribution in [0.1, 0.15) is 24.6 Å². The quantitative estimate of drug-likeness (QED) is 0.843.